The zero-order chi connectivity index (χ0) is 24.9. The fourth-order valence-corrected chi connectivity index (χ4v) is 3.18. The molecule has 0 aliphatic carbocycles. The number of carbonyl (C=O) groups is 1. The Kier molecular flexibility index (Phi) is 7.83. The summed E-state index contributed by atoms with van der Waals surface area (Å²) in [4.78, 5) is 24.6. The third-order valence-electron chi connectivity index (χ3n) is 4.55. The maximum absolute atomic E-state index is 13.7. The smallest absolute Gasteiger partial charge is 0.453 e. The minimum atomic E-state index is -5.00. The molecular formula is C24H23F3O7. The number of hydrogen-bond donors (Lipinski definition) is 0. The molecule has 0 N–H and O–H groups in total. The van der Waals surface area contributed by atoms with E-state index < -0.39 is 35.7 Å². The second-order valence-electron chi connectivity index (χ2n) is 7.38. The van der Waals surface area contributed by atoms with Crippen LogP contribution in [0, 0.1) is 13.8 Å². The first kappa shape index (κ1) is 25.1. The van der Waals surface area contributed by atoms with Crippen molar-refractivity contribution >= 4 is 16.9 Å². The van der Waals surface area contributed by atoms with Crippen molar-refractivity contribution in [3.8, 4) is 17.2 Å². The Labute approximate surface area is 193 Å². The molecule has 0 radical (unpaired) electrons. The van der Waals surface area contributed by atoms with Crippen molar-refractivity contribution in [3.63, 3.8) is 0 Å². The van der Waals surface area contributed by atoms with Gasteiger partial charge in [-0.25, -0.2) is 4.79 Å². The highest BCUT2D eigenvalue weighted by molar-refractivity contribution is 5.80. The molecule has 0 aliphatic rings. The number of hydrogen-bond acceptors (Lipinski definition) is 7. The molecule has 3 rings (SSSR count). The number of ether oxygens (including phenoxy) is 4. The molecule has 1 heterocycles. The number of alkyl halides is 3. The van der Waals surface area contributed by atoms with E-state index in [4.69, 9.17) is 23.4 Å². The van der Waals surface area contributed by atoms with Crippen LogP contribution < -0.4 is 14.9 Å². The quantitative estimate of drug-likeness (QED) is 0.308. The van der Waals surface area contributed by atoms with Crippen molar-refractivity contribution in [2.24, 2.45) is 0 Å². The van der Waals surface area contributed by atoms with E-state index in [1.54, 1.807) is 20.8 Å². The first-order valence-corrected chi connectivity index (χ1v) is 10.4. The Hall–Kier alpha value is -3.53. The van der Waals surface area contributed by atoms with E-state index >= 15 is 0 Å². The normalized spacial score (nSPS) is 11.5. The highest BCUT2D eigenvalue weighted by Gasteiger charge is 2.40. The fraction of sp³-hybridized carbons (Fsp3) is 0.333. The monoisotopic (exact) mass is 480 g/mol. The predicted octanol–water partition coefficient (Wildman–Crippen LogP) is 5.18. The lowest BCUT2D eigenvalue weighted by Gasteiger charge is -2.14. The minimum Gasteiger partial charge on any atom is -0.482 e. The number of fused-ring (bicyclic) bond motifs is 1. The number of benzene rings is 2. The van der Waals surface area contributed by atoms with Gasteiger partial charge in [0.2, 0.25) is 11.2 Å². The number of halogens is 3. The second-order valence-corrected chi connectivity index (χ2v) is 7.38. The summed E-state index contributed by atoms with van der Waals surface area (Å²) < 4.78 is 66.8. The third kappa shape index (κ3) is 6.28. The molecular weight excluding hydrogens is 457 g/mol. The molecule has 10 heteroatoms. The van der Waals surface area contributed by atoms with Crippen molar-refractivity contribution < 1.29 is 41.3 Å². The average Bonchev–Trinajstić information content (AvgIpc) is 2.75. The lowest BCUT2D eigenvalue weighted by atomic mass is 10.1. The van der Waals surface area contributed by atoms with Crippen LogP contribution in [0.5, 0.6) is 17.2 Å². The SMILES string of the molecule is CCOCCOC(=O)COc1ccc2c(=O)c(Oc3cc(C)cc(C)c3)c(C(F)(F)F)oc2c1. The summed E-state index contributed by atoms with van der Waals surface area (Å²) in [5, 5.41) is -0.140. The maximum Gasteiger partial charge on any atom is 0.453 e. The lowest BCUT2D eigenvalue weighted by Crippen LogP contribution is -2.18. The molecule has 182 valence electrons. The summed E-state index contributed by atoms with van der Waals surface area (Å²) in [6.45, 7) is 5.58. The lowest BCUT2D eigenvalue weighted by molar-refractivity contribution is -0.154. The van der Waals surface area contributed by atoms with E-state index in [0.717, 1.165) is 17.2 Å². The maximum atomic E-state index is 13.7. The van der Waals surface area contributed by atoms with Crippen LogP contribution in [-0.2, 0) is 20.4 Å². The largest absolute Gasteiger partial charge is 0.482 e. The van der Waals surface area contributed by atoms with Crippen molar-refractivity contribution in [2.75, 3.05) is 26.4 Å². The van der Waals surface area contributed by atoms with Gasteiger partial charge in [-0.15, -0.1) is 0 Å². The summed E-state index contributed by atoms with van der Waals surface area (Å²) in [5.41, 5.74) is 0.154. The van der Waals surface area contributed by atoms with Gasteiger partial charge in [0, 0.05) is 12.7 Å². The van der Waals surface area contributed by atoms with Crippen LogP contribution in [0.4, 0.5) is 13.2 Å². The molecule has 0 fully saturated rings. The molecule has 0 saturated heterocycles. The van der Waals surface area contributed by atoms with Gasteiger partial charge in [-0.2, -0.15) is 13.2 Å². The number of rotatable bonds is 9. The Morgan fingerprint density at radius 2 is 1.71 bits per heavy atom. The van der Waals surface area contributed by atoms with Gasteiger partial charge in [0.1, 0.15) is 23.7 Å². The topological polar surface area (TPSA) is 84.2 Å². The molecule has 2 aromatic carbocycles. The highest BCUT2D eigenvalue weighted by Crippen LogP contribution is 2.38. The number of carbonyl (C=O) groups excluding carboxylic acids is 1. The van der Waals surface area contributed by atoms with Crippen molar-refractivity contribution in [1.29, 1.82) is 0 Å². The van der Waals surface area contributed by atoms with E-state index in [1.807, 2.05) is 6.07 Å². The Morgan fingerprint density at radius 3 is 2.35 bits per heavy atom. The Balaban J connectivity index is 1.89. The molecule has 0 amide bonds. The zero-order valence-corrected chi connectivity index (χ0v) is 18.8. The Bertz CT molecular complexity index is 1210. The van der Waals surface area contributed by atoms with Gasteiger partial charge in [-0.05, 0) is 56.2 Å². The van der Waals surface area contributed by atoms with E-state index in [9.17, 15) is 22.8 Å². The van der Waals surface area contributed by atoms with E-state index in [0.29, 0.717) is 6.61 Å². The first-order valence-electron chi connectivity index (χ1n) is 10.4. The van der Waals surface area contributed by atoms with E-state index in [2.05, 4.69) is 0 Å². The zero-order valence-electron chi connectivity index (χ0n) is 18.8. The van der Waals surface area contributed by atoms with Crippen molar-refractivity contribution in [3.05, 3.63) is 63.5 Å². The molecule has 0 bridgehead atoms. The van der Waals surface area contributed by atoms with Gasteiger partial charge in [0.05, 0.1) is 12.0 Å². The first-order chi connectivity index (χ1) is 16.1. The van der Waals surface area contributed by atoms with Crippen LogP contribution in [0.25, 0.3) is 11.0 Å². The van der Waals surface area contributed by atoms with Gasteiger partial charge < -0.3 is 23.4 Å². The molecule has 0 unspecified atom stereocenters. The third-order valence-corrected chi connectivity index (χ3v) is 4.55. The second kappa shape index (κ2) is 10.6. The fourth-order valence-electron chi connectivity index (χ4n) is 3.18. The highest BCUT2D eigenvalue weighted by atomic mass is 19.4. The van der Waals surface area contributed by atoms with Crippen molar-refractivity contribution in [1.82, 2.24) is 0 Å². The molecule has 1 aromatic heterocycles. The summed E-state index contributed by atoms with van der Waals surface area (Å²) in [6.07, 6.45) is -5.00. The average molecular weight is 480 g/mol. The van der Waals surface area contributed by atoms with Crippen LogP contribution in [0.1, 0.15) is 23.8 Å². The molecule has 0 spiro atoms. The van der Waals surface area contributed by atoms with E-state index in [1.165, 1.54) is 24.3 Å². The molecule has 0 saturated carbocycles. The Morgan fingerprint density at radius 1 is 1.00 bits per heavy atom. The van der Waals surface area contributed by atoms with Gasteiger partial charge in [0.15, 0.2) is 6.61 Å². The summed E-state index contributed by atoms with van der Waals surface area (Å²) in [6, 6.07) is 8.52. The number of esters is 1. The summed E-state index contributed by atoms with van der Waals surface area (Å²) >= 11 is 0. The van der Waals surface area contributed by atoms with Gasteiger partial charge in [-0.3, -0.25) is 4.79 Å². The van der Waals surface area contributed by atoms with Gasteiger partial charge in [0.25, 0.3) is 5.76 Å². The van der Waals surface area contributed by atoms with Gasteiger partial charge >= 0.3 is 12.1 Å². The van der Waals surface area contributed by atoms with Crippen LogP contribution in [0.3, 0.4) is 0 Å². The summed E-state index contributed by atoms with van der Waals surface area (Å²) in [7, 11) is 0. The molecule has 0 aliphatic heterocycles. The molecule has 7 nitrogen and oxygen atoms in total. The molecule has 3 aromatic rings. The van der Waals surface area contributed by atoms with Crippen LogP contribution in [0.15, 0.2) is 45.6 Å². The minimum absolute atomic E-state index is 0.0218. The number of aryl methyl sites for hydroxylation is 2. The standard InChI is InChI=1S/C24H23F3O7/c1-4-30-7-8-31-20(28)13-32-16-5-6-18-19(12-16)34-23(24(25,26)27)22(21(18)29)33-17-10-14(2)9-15(3)11-17/h5-6,9-12H,4,7-8,13H2,1-3H3. The molecule has 34 heavy (non-hydrogen) atoms. The predicted molar refractivity (Wildman–Crippen MR) is 116 cm³/mol. The van der Waals surface area contributed by atoms with Crippen molar-refractivity contribution in [2.45, 2.75) is 26.9 Å². The van der Waals surface area contributed by atoms with Crippen LogP contribution in [0.2, 0.25) is 0 Å². The van der Waals surface area contributed by atoms with Crippen LogP contribution in [-0.4, -0.2) is 32.4 Å². The van der Waals surface area contributed by atoms with Gasteiger partial charge in [-0.1, -0.05) is 6.07 Å². The van der Waals surface area contributed by atoms with E-state index in [-0.39, 0.29) is 35.7 Å². The van der Waals surface area contributed by atoms with Crippen LogP contribution >= 0.6 is 0 Å². The summed E-state index contributed by atoms with van der Waals surface area (Å²) in [5.74, 6) is -3.12. The molecule has 0 atom stereocenters.